The molecule has 1 fully saturated rings. The molecule has 0 aliphatic carbocycles. The van der Waals surface area contributed by atoms with Gasteiger partial charge in [-0.3, -0.25) is 4.90 Å². The van der Waals surface area contributed by atoms with Crippen molar-refractivity contribution in [1.29, 1.82) is 0 Å². The number of aromatic nitrogens is 1. The van der Waals surface area contributed by atoms with Gasteiger partial charge in [-0.25, -0.2) is 0 Å². The van der Waals surface area contributed by atoms with Crippen LogP contribution in [0.3, 0.4) is 0 Å². The highest BCUT2D eigenvalue weighted by molar-refractivity contribution is 5.86. The van der Waals surface area contributed by atoms with E-state index in [0.717, 1.165) is 49.7 Å². The van der Waals surface area contributed by atoms with Crippen molar-refractivity contribution in [1.82, 2.24) is 15.2 Å². The molecule has 20 heavy (non-hydrogen) atoms. The summed E-state index contributed by atoms with van der Waals surface area (Å²) in [6.07, 6.45) is 3.33. The maximum absolute atomic E-state index is 5.48. The number of ether oxygens (including phenoxy) is 2. The van der Waals surface area contributed by atoms with Crippen molar-refractivity contribution in [2.75, 3.05) is 33.0 Å². The van der Waals surface area contributed by atoms with E-state index in [1.807, 2.05) is 6.07 Å². The minimum atomic E-state index is 0.328. The molecule has 2 aliphatic heterocycles. The van der Waals surface area contributed by atoms with Crippen molar-refractivity contribution in [3.8, 4) is 11.5 Å². The molecule has 4 rings (SSSR count). The molecule has 1 saturated heterocycles. The summed E-state index contributed by atoms with van der Waals surface area (Å²) in [5, 5.41) is 4.68. The average molecular weight is 273 g/mol. The molecule has 0 atom stereocenters. The topological polar surface area (TPSA) is 49.5 Å². The fraction of sp³-hybridized carbons (Fsp3) is 0.467. The molecule has 0 bridgehead atoms. The molecule has 3 heterocycles. The highest BCUT2D eigenvalue weighted by Gasteiger charge is 2.17. The Labute approximate surface area is 117 Å². The van der Waals surface area contributed by atoms with Crippen LogP contribution in [0.1, 0.15) is 12.0 Å². The van der Waals surface area contributed by atoms with Crippen molar-refractivity contribution in [3.63, 3.8) is 0 Å². The van der Waals surface area contributed by atoms with Gasteiger partial charge in [-0.15, -0.1) is 0 Å². The van der Waals surface area contributed by atoms with E-state index in [1.165, 1.54) is 17.4 Å². The highest BCUT2D eigenvalue weighted by Crippen LogP contribution is 2.37. The van der Waals surface area contributed by atoms with Crippen LogP contribution in [0.5, 0.6) is 11.5 Å². The summed E-state index contributed by atoms with van der Waals surface area (Å²) in [7, 11) is 0. The highest BCUT2D eigenvalue weighted by atomic mass is 16.7. The second kappa shape index (κ2) is 5.00. The Morgan fingerprint density at radius 2 is 2.00 bits per heavy atom. The van der Waals surface area contributed by atoms with Gasteiger partial charge in [0.15, 0.2) is 11.5 Å². The van der Waals surface area contributed by atoms with E-state index < -0.39 is 0 Å². The minimum Gasteiger partial charge on any atom is -0.454 e. The minimum absolute atomic E-state index is 0.328. The summed E-state index contributed by atoms with van der Waals surface area (Å²) < 4.78 is 10.9. The van der Waals surface area contributed by atoms with Crippen molar-refractivity contribution in [3.05, 3.63) is 23.9 Å². The lowest BCUT2D eigenvalue weighted by atomic mass is 10.1. The zero-order valence-corrected chi connectivity index (χ0v) is 11.4. The molecule has 0 amide bonds. The normalized spacial score (nSPS) is 19.4. The zero-order valence-electron chi connectivity index (χ0n) is 11.4. The first-order valence-corrected chi connectivity index (χ1v) is 7.23. The Bertz CT molecular complexity index is 615. The number of rotatable bonds is 2. The van der Waals surface area contributed by atoms with Crippen LogP contribution >= 0.6 is 0 Å². The standard InChI is InChI=1S/C15H19N3O2/c1-2-16-3-5-18(4-1)9-11-8-17-13-7-15-14(6-12(11)13)19-10-20-15/h6-8,16-17H,1-5,9-10H2. The Morgan fingerprint density at radius 3 is 2.95 bits per heavy atom. The van der Waals surface area contributed by atoms with Gasteiger partial charge in [0.2, 0.25) is 6.79 Å². The Morgan fingerprint density at radius 1 is 1.10 bits per heavy atom. The monoisotopic (exact) mass is 273 g/mol. The summed E-state index contributed by atoms with van der Waals surface area (Å²) in [6.45, 7) is 5.79. The van der Waals surface area contributed by atoms with Gasteiger partial charge >= 0.3 is 0 Å². The van der Waals surface area contributed by atoms with Crippen molar-refractivity contribution in [2.24, 2.45) is 0 Å². The fourth-order valence-electron chi connectivity index (χ4n) is 3.00. The van der Waals surface area contributed by atoms with Gasteiger partial charge in [0.1, 0.15) is 0 Å². The third-order valence-electron chi connectivity index (χ3n) is 4.09. The number of fused-ring (bicyclic) bond motifs is 2. The third kappa shape index (κ3) is 2.13. The molecule has 5 heteroatoms. The summed E-state index contributed by atoms with van der Waals surface area (Å²) in [4.78, 5) is 5.85. The van der Waals surface area contributed by atoms with Crippen LogP contribution in [-0.4, -0.2) is 42.9 Å². The van der Waals surface area contributed by atoms with Crippen LogP contribution in [-0.2, 0) is 6.54 Å². The molecule has 0 unspecified atom stereocenters. The first kappa shape index (κ1) is 12.1. The van der Waals surface area contributed by atoms with Crippen molar-refractivity contribution < 1.29 is 9.47 Å². The summed E-state index contributed by atoms with van der Waals surface area (Å²) in [5.74, 6) is 1.70. The molecule has 0 spiro atoms. The van der Waals surface area contributed by atoms with E-state index >= 15 is 0 Å². The Hall–Kier alpha value is -1.72. The SMILES string of the molecule is c1[nH]c2cc3c(cc2c1CN1CCCNCC1)OCO3. The first-order valence-electron chi connectivity index (χ1n) is 7.23. The molecule has 0 saturated carbocycles. The number of benzene rings is 1. The Balaban J connectivity index is 1.62. The van der Waals surface area contributed by atoms with E-state index in [9.17, 15) is 0 Å². The molecule has 1 aromatic heterocycles. The predicted octanol–water partition coefficient (Wildman–Crippen LogP) is 1.69. The van der Waals surface area contributed by atoms with Crippen molar-refractivity contribution >= 4 is 10.9 Å². The van der Waals surface area contributed by atoms with Gasteiger partial charge in [0.25, 0.3) is 0 Å². The molecular formula is C15H19N3O2. The molecule has 5 nitrogen and oxygen atoms in total. The number of hydrogen-bond acceptors (Lipinski definition) is 4. The lowest BCUT2D eigenvalue weighted by molar-refractivity contribution is 0.174. The van der Waals surface area contributed by atoms with Gasteiger partial charge in [-0.05, 0) is 31.1 Å². The quantitative estimate of drug-likeness (QED) is 0.874. The van der Waals surface area contributed by atoms with Gasteiger partial charge < -0.3 is 19.8 Å². The summed E-state index contributed by atoms with van der Waals surface area (Å²) in [5.41, 5.74) is 2.46. The van der Waals surface area contributed by atoms with Crippen molar-refractivity contribution in [2.45, 2.75) is 13.0 Å². The largest absolute Gasteiger partial charge is 0.454 e. The molecule has 2 aromatic rings. The van der Waals surface area contributed by atoms with Gasteiger partial charge in [-0.1, -0.05) is 0 Å². The lowest BCUT2D eigenvalue weighted by Gasteiger charge is -2.18. The molecule has 0 radical (unpaired) electrons. The lowest BCUT2D eigenvalue weighted by Crippen LogP contribution is -2.27. The molecule has 106 valence electrons. The number of nitrogens with one attached hydrogen (secondary N) is 2. The number of aromatic amines is 1. The predicted molar refractivity (Wildman–Crippen MR) is 77.2 cm³/mol. The smallest absolute Gasteiger partial charge is 0.231 e. The van der Waals surface area contributed by atoms with Crippen LogP contribution in [0.15, 0.2) is 18.3 Å². The summed E-state index contributed by atoms with van der Waals surface area (Å²) >= 11 is 0. The average Bonchev–Trinajstić information content (AvgIpc) is 2.97. The second-order valence-electron chi connectivity index (χ2n) is 5.44. The maximum Gasteiger partial charge on any atom is 0.231 e. The fourth-order valence-corrected chi connectivity index (χ4v) is 3.00. The molecular weight excluding hydrogens is 254 g/mol. The maximum atomic E-state index is 5.48. The van der Waals surface area contributed by atoms with Gasteiger partial charge in [-0.2, -0.15) is 0 Å². The number of hydrogen-bond donors (Lipinski definition) is 2. The molecule has 1 aromatic carbocycles. The van der Waals surface area contributed by atoms with Crippen LogP contribution < -0.4 is 14.8 Å². The van der Waals surface area contributed by atoms with E-state index in [4.69, 9.17) is 9.47 Å². The molecule has 2 aliphatic rings. The first-order chi connectivity index (χ1) is 9.90. The van der Waals surface area contributed by atoms with E-state index in [2.05, 4.69) is 27.5 Å². The van der Waals surface area contributed by atoms with Gasteiger partial charge in [0, 0.05) is 42.8 Å². The number of nitrogens with zero attached hydrogens (tertiary/aromatic N) is 1. The third-order valence-corrected chi connectivity index (χ3v) is 4.09. The van der Waals surface area contributed by atoms with E-state index in [1.54, 1.807) is 0 Å². The van der Waals surface area contributed by atoms with Crippen LogP contribution in [0.4, 0.5) is 0 Å². The van der Waals surface area contributed by atoms with Gasteiger partial charge in [0.05, 0.1) is 0 Å². The summed E-state index contributed by atoms with van der Waals surface area (Å²) in [6, 6.07) is 4.13. The number of H-pyrrole nitrogens is 1. The molecule has 2 N–H and O–H groups in total. The van der Waals surface area contributed by atoms with Crippen LogP contribution in [0, 0.1) is 0 Å². The van der Waals surface area contributed by atoms with Crippen LogP contribution in [0.25, 0.3) is 10.9 Å². The zero-order chi connectivity index (χ0) is 13.4. The van der Waals surface area contributed by atoms with E-state index in [0.29, 0.717) is 6.79 Å². The Kier molecular flexibility index (Phi) is 3.01. The van der Waals surface area contributed by atoms with E-state index in [-0.39, 0.29) is 0 Å². The van der Waals surface area contributed by atoms with Crippen LogP contribution in [0.2, 0.25) is 0 Å². The second-order valence-corrected chi connectivity index (χ2v) is 5.44.